The van der Waals surface area contributed by atoms with Crippen LogP contribution in [0, 0.1) is 5.21 Å². The van der Waals surface area contributed by atoms with Crippen LogP contribution in [0.4, 0.5) is 5.82 Å². The summed E-state index contributed by atoms with van der Waals surface area (Å²) in [4.78, 5) is 4.31. The van der Waals surface area contributed by atoms with Crippen LogP contribution in [0.5, 0.6) is 0 Å². The number of hydrogen-bond acceptors (Lipinski definition) is 4. The molecule has 21 heavy (non-hydrogen) atoms. The van der Waals surface area contributed by atoms with Crippen molar-refractivity contribution >= 4 is 23.1 Å². The maximum Gasteiger partial charge on any atom is 0.185 e. The molecular weight excluding hydrogens is 293 g/mol. The van der Waals surface area contributed by atoms with E-state index in [0.29, 0.717) is 11.7 Å². The molecule has 3 rings (SSSR count). The molecule has 0 atom stereocenters. The number of nitrogens with zero attached hydrogens (tertiary/aromatic N) is 4. The number of rotatable bonds is 4. The van der Waals surface area contributed by atoms with E-state index >= 15 is 0 Å². The first kappa shape index (κ1) is 13.6. The number of halogens is 1. The molecule has 7 heteroatoms. The third-order valence-electron chi connectivity index (χ3n) is 3.20. The summed E-state index contributed by atoms with van der Waals surface area (Å²) in [5.41, 5.74) is 2.66. The Hall–Kier alpha value is -2.34. The van der Waals surface area contributed by atoms with Gasteiger partial charge in [0.2, 0.25) is 0 Å². The van der Waals surface area contributed by atoms with Crippen LogP contribution in [0.15, 0.2) is 36.8 Å². The van der Waals surface area contributed by atoms with Gasteiger partial charge in [0.05, 0.1) is 6.20 Å². The van der Waals surface area contributed by atoms with Gasteiger partial charge in [-0.15, -0.1) is 0 Å². The zero-order chi connectivity index (χ0) is 14.8. The van der Waals surface area contributed by atoms with E-state index in [2.05, 4.69) is 15.4 Å². The summed E-state index contributed by atoms with van der Waals surface area (Å²) in [7, 11) is 0. The summed E-state index contributed by atoms with van der Waals surface area (Å²) in [6, 6.07) is 5.30. The second-order valence-electron chi connectivity index (χ2n) is 4.65. The molecule has 3 heterocycles. The smallest absolute Gasteiger partial charge is 0.185 e. The molecule has 0 aliphatic heterocycles. The molecule has 0 amide bonds. The first-order valence-electron chi connectivity index (χ1n) is 6.62. The van der Waals surface area contributed by atoms with Crippen LogP contribution in [-0.2, 0) is 13.0 Å². The third-order valence-corrected chi connectivity index (χ3v) is 3.40. The predicted molar refractivity (Wildman–Crippen MR) is 80.1 cm³/mol. The molecule has 0 spiro atoms. The van der Waals surface area contributed by atoms with Crippen molar-refractivity contribution in [2.24, 2.45) is 0 Å². The zero-order valence-corrected chi connectivity index (χ0v) is 12.2. The van der Waals surface area contributed by atoms with E-state index in [9.17, 15) is 5.21 Å². The lowest BCUT2D eigenvalue weighted by Crippen LogP contribution is -2.25. The standard InChI is InChI=1S/C14H14ClN5O/c1-2-11-8-17-20-13(6-12(15)18-14(11)20)16-7-10-4-3-5-19(21)9-10/h3-6,8-9,16H,2,7H2,1H3/i6+1,12+1,13+1. The molecule has 0 aliphatic carbocycles. The Morgan fingerprint density at radius 1 is 1.48 bits per heavy atom. The highest BCUT2D eigenvalue weighted by Crippen LogP contribution is 2.19. The number of fused-ring (bicyclic) bond motifs is 1. The van der Waals surface area contributed by atoms with Gasteiger partial charge in [-0.1, -0.05) is 18.5 Å². The fourth-order valence-electron chi connectivity index (χ4n) is 2.15. The van der Waals surface area contributed by atoms with Crippen LogP contribution in [0.25, 0.3) is 5.65 Å². The lowest BCUT2D eigenvalue weighted by Gasteiger charge is -2.09. The van der Waals surface area contributed by atoms with Gasteiger partial charge in [-0.05, 0) is 12.5 Å². The molecule has 0 saturated carbocycles. The molecule has 0 fully saturated rings. The van der Waals surface area contributed by atoms with Crippen molar-refractivity contribution in [1.29, 1.82) is 0 Å². The van der Waals surface area contributed by atoms with E-state index in [1.54, 1.807) is 22.8 Å². The number of nitrogens with one attached hydrogen (secondary N) is 1. The van der Waals surface area contributed by atoms with Crippen LogP contribution in [-0.4, -0.2) is 14.6 Å². The highest BCUT2D eigenvalue weighted by Gasteiger charge is 2.10. The summed E-state index contributed by atoms with van der Waals surface area (Å²) in [6.45, 7) is 2.55. The van der Waals surface area contributed by atoms with E-state index in [1.165, 1.54) is 12.4 Å². The molecule has 3 aromatic heterocycles. The monoisotopic (exact) mass is 306 g/mol. The van der Waals surface area contributed by atoms with Crippen molar-refractivity contribution in [3.05, 3.63) is 58.3 Å². The minimum absolute atomic E-state index is 0.409. The van der Waals surface area contributed by atoms with Crippen molar-refractivity contribution in [2.75, 3.05) is 5.32 Å². The Balaban J connectivity index is 1.91. The highest BCUT2D eigenvalue weighted by molar-refractivity contribution is 6.29. The average Bonchev–Trinajstić information content (AvgIpc) is 2.87. The van der Waals surface area contributed by atoms with Crippen LogP contribution in [0.1, 0.15) is 18.1 Å². The SMILES string of the molecule is CCc1cnn2c1n[13c](Cl)[13cH][13c]2NCc1ccc[n+]([O-])c1. The summed E-state index contributed by atoms with van der Waals surface area (Å²) < 4.78 is 2.49. The van der Waals surface area contributed by atoms with Gasteiger partial charge >= 0.3 is 0 Å². The number of anilines is 1. The topological polar surface area (TPSA) is 69.2 Å². The van der Waals surface area contributed by atoms with E-state index in [1.807, 2.05) is 13.0 Å². The quantitative estimate of drug-likeness (QED) is 0.456. The Kier molecular flexibility index (Phi) is 3.62. The summed E-state index contributed by atoms with van der Waals surface area (Å²) in [5, 5.41) is 19.2. The van der Waals surface area contributed by atoms with E-state index in [-0.39, 0.29) is 0 Å². The summed E-state index contributed by atoms with van der Waals surface area (Å²) in [6.07, 6.45) is 5.60. The lowest BCUT2D eigenvalue weighted by atomic mass is 10.3. The molecular formula is C14H14ClN5O. The van der Waals surface area contributed by atoms with Crippen LogP contribution in [0.2, 0.25) is 5.15 Å². The van der Waals surface area contributed by atoms with Gasteiger partial charge in [-0.2, -0.15) is 14.3 Å². The fourth-order valence-corrected chi connectivity index (χ4v) is 2.34. The van der Waals surface area contributed by atoms with Gasteiger partial charge in [0.1, 0.15) is 11.0 Å². The Labute approximate surface area is 126 Å². The molecule has 1 N–H and O–H groups in total. The van der Waals surface area contributed by atoms with Gasteiger partial charge < -0.3 is 10.5 Å². The van der Waals surface area contributed by atoms with Crippen molar-refractivity contribution in [3.63, 3.8) is 0 Å². The summed E-state index contributed by atoms with van der Waals surface area (Å²) >= 11 is 6.07. The van der Waals surface area contributed by atoms with Crippen molar-refractivity contribution in [3.8, 4) is 0 Å². The van der Waals surface area contributed by atoms with Gasteiger partial charge in [0, 0.05) is 29.8 Å². The van der Waals surface area contributed by atoms with Gasteiger partial charge in [0.15, 0.2) is 18.0 Å². The largest absolute Gasteiger partial charge is 0.619 e. The summed E-state index contributed by atoms with van der Waals surface area (Å²) in [5.74, 6) is 0.742. The second-order valence-corrected chi connectivity index (χ2v) is 5.04. The number of hydrogen-bond donors (Lipinski definition) is 1. The average molecular weight is 307 g/mol. The third kappa shape index (κ3) is 2.75. The lowest BCUT2D eigenvalue weighted by molar-refractivity contribution is -0.605. The molecule has 108 valence electrons. The Bertz CT molecular complexity index is 786. The maximum absolute atomic E-state index is 11.3. The van der Waals surface area contributed by atoms with Crippen LogP contribution in [0.3, 0.4) is 0 Å². The highest BCUT2D eigenvalue weighted by atomic mass is 35.5. The minimum Gasteiger partial charge on any atom is -0.619 e. The maximum atomic E-state index is 11.3. The predicted octanol–water partition coefficient (Wildman–Crippen LogP) is 2.19. The minimum atomic E-state index is 0.409. The molecule has 0 saturated heterocycles. The van der Waals surface area contributed by atoms with Gasteiger partial charge in [-0.25, -0.2) is 4.98 Å². The van der Waals surface area contributed by atoms with Crippen molar-refractivity contribution in [2.45, 2.75) is 19.9 Å². The van der Waals surface area contributed by atoms with Crippen molar-refractivity contribution < 1.29 is 4.73 Å². The molecule has 0 unspecified atom stereocenters. The van der Waals surface area contributed by atoms with E-state index in [4.69, 9.17) is 11.6 Å². The van der Waals surface area contributed by atoms with Crippen LogP contribution >= 0.6 is 11.6 Å². The number of aromatic nitrogens is 4. The first-order valence-corrected chi connectivity index (χ1v) is 7.00. The molecule has 0 bridgehead atoms. The number of aryl methyl sites for hydroxylation is 1. The van der Waals surface area contributed by atoms with E-state index < -0.39 is 0 Å². The molecule has 0 aliphatic rings. The molecule has 0 radical (unpaired) electrons. The van der Waals surface area contributed by atoms with E-state index in [0.717, 1.165) is 33.7 Å². The Morgan fingerprint density at radius 3 is 3.10 bits per heavy atom. The number of pyridine rings is 1. The normalized spacial score (nSPS) is 11.0. The second kappa shape index (κ2) is 5.57. The van der Waals surface area contributed by atoms with Gasteiger partial charge in [0.25, 0.3) is 0 Å². The molecule has 3 aromatic rings. The van der Waals surface area contributed by atoms with Crippen molar-refractivity contribution in [1.82, 2.24) is 14.6 Å². The first-order chi connectivity index (χ1) is 10.2. The zero-order valence-electron chi connectivity index (χ0n) is 11.5. The molecule has 0 aromatic carbocycles. The molecule has 6 nitrogen and oxygen atoms in total. The fraction of sp³-hybridized carbons (Fsp3) is 0.214. The Morgan fingerprint density at radius 2 is 2.33 bits per heavy atom. The van der Waals surface area contributed by atoms with Crippen LogP contribution < -0.4 is 10.0 Å². The van der Waals surface area contributed by atoms with Gasteiger partial charge in [-0.3, -0.25) is 0 Å².